The Morgan fingerprint density at radius 1 is 1.16 bits per heavy atom. The first-order valence-corrected chi connectivity index (χ1v) is 10.9. The second-order valence-corrected chi connectivity index (χ2v) is 7.90. The number of piperazine rings is 1. The zero-order chi connectivity index (χ0) is 22.3. The van der Waals surface area contributed by atoms with Crippen molar-refractivity contribution < 1.29 is 9.53 Å². The Kier molecular flexibility index (Phi) is 6.97. The largest absolute Gasteiger partial charge is 0.379 e. The lowest BCUT2D eigenvalue weighted by atomic mass is 10.1. The van der Waals surface area contributed by atoms with Crippen molar-refractivity contribution >= 4 is 17.4 Å². The van der Waals surface area contributed by atoms with Crippen LogP contribution in [-0.2, 0) is 16.0 Å². The van der Waals surface area contributed by atoms with Gasteiger partial charge >= 0.3 is 0 Å². The van der Waals surface area contributed by atoms with E-state index in [2.05, 4.69) is 31.1 Å². The highest BCUT2D eigenvalue weighted by atomic mass is 16.5. The number of nitrogens with zero attached hydrogens (tertiary/aromatic N) is 6. The average molecular weight is 438 g/mol. The Morgan fingerprint density at radius 2 is 2.00 bits per heavy atom. The molecule has 2 aliphatic rings. The third-order valence-electron chi connectivity index (χ3n) is 5.93. The molecule has 168 valence electrons. The Bertz CT molecular complexity index is 1020. The fraction of sp³-hybridized carbons (Fsp3) is 0.500. The third kappa shape index (κ3) is 5.06. The molecule has 0 atom stereocenters. The number of H-pyrrole nitrogens is 1. The first-order chi connectivity index (χ1) is 15.7. The van der Waals surface area contributed by atoms with Crippen LogP contribution in [-0.4, -0.2) is 78.5 Å². The Morgan fingerprint density at radius 3 is 2.75 bits per heavy atom. The molecule has 0 spiro atoms. The van der Waals surface area contributed by atoms with E-state index in [9.17, 15) is 9.59 Å². The van der Waals surface area contributed by atoms with Crippen LogP contribution in [0.4, 0.5) is 11.5 Å². The molecular formula is C22H27N7O3. The molecule has 1 amide bonds. The van der Waals surface area contributed by atoms with Gasteiger partial charge in [0.1, 0.15) is 11.9 Å². The third-order valence-corrected chi connectivity index (χ3v) is 5.93. The van der Waals surface area contributed by atoms with Crippen LogP contribution in [0.1, 0.15) is 24.0 Å². The number of anilines is 2. The summed E-state index contributed by atoms with van der Waals surface area (Å²) in [5, 5.41) is 15.3. The van der Waals surface area contributed by atoms with E-state index in [0.717, 1.165) is 36.5 Å². The molecule has 4 rings (SSSR count). The molecule has 0 saturated carbocycles. The number of amides is 1. The summed E-state index contributed by atoms with van der Waals surface area (Å²) in [4.78, 5) is 34.8. The van der Waals surface area contributed by atoms with Crippen molar-refractivity contribution in [2.45, 2.75) is 19.3 Å². The van der Waals surface area contributed by atoms with E-state index in [1.165, 1.54) is 0 Å². The zero-order valence-corrected chi connectivity index (χ0v) is 18.0. The van der Waals surface area contributed by atoms with Crippen molar-refractivity contribution in [1.29, 1.82) is 5.26 Å². The van der Waals surface area contributed by atoms with E-state index < -0.39 is 0 Å². The number of fused-ring (bicyclic) bond motifs is 1. The molecule has 10 nitrogen and oxygen atoms in total. The summed E-state index contributed by atoms with van der Waals surface area (Å²) in [7, 11) is 0. The number of hydrogen-bond donors (Lipinski definition) is 1. The molecule has 1 saturated heterocycles. The summed E-state index contributed by atoms with van der Waals surface area (Å²) < 4.78 is 5.71. The second-order valence-electron chi connectivity index (χ2n) is 7.90. The van der Waals surface area contributed by atoms with Crippen LogP contribution in [0.5, 0.6) is 0 Å². The molecule has 32 heavy (non-hydrogen) atoms. The SMILES string of the molecule is N#Cc1ccc(N2CCN(C(=O)CCOCCN3CCCc4c3cn[nH]c4=O)CC2)nc1. The highest BCUT2D eigenvalue weighted by Crippen LogP contribution is 2.22. The fourth-order valence-electron chi connectivity index (χ4n) is 4.15. The maximum absolute atomic E-state index is 12.5. The molecule has 0 aliphatic carbocycles. The molecule has 1 fully saturated rings. The van der Waals surface area contributed by atoms with E-state index in [1.54, 1.807) is 18.5 Å². The van der Waals surface area contributed by atoms with Gasteiger partial charge in [-0.2, -0.15) is 10.4 Å². The lowest BCUT2D eigenvalue weighted by molar-refractivity contribution is -0.132. The molecule has 0 unspecified atom stereocenters. The van der Waals surface area contributed by atoms with Crippen molar-refractivity contribution in [1.82, 2.24) is 20.1 Å². The zero-order valence-electron chi connectivity index (χ0n) is 18.0. The van der Waals surface area contributed by atoms with Crippen molar-refractivity contribution in [2.75, 3.05) is 62.3 Å². The van der Waals surface area contributed by atoms with Gasteiger partial charge in [-0.05, 0) is 25.0 Å². The Hall–Kier alpha value is -3.45. The van der Waals surface area contributed by atoms with Crippen LogP contribution in [0.15, 0.2) is 29.3 Å². The Balaban J connectivity index is 1.15. The number of nitriles is 1. The summed E-state index contributed by atoms with van der Waals surface area (Å²) >= 11 is 0. The normalized spacial score (nSPS) is 15.9. The maximum atomic E-state index is 12.5. The highest BCUT2D eigenvalue weighted by Gasteiger charge is 2.22. The minimum atomic E-state index is -0.117. The molecule has 0 radical (unpaired) electrons. The lowest BCUT2D eigenvalue weighted by Crippen LogP contribution is -2.49. The van der Waals surface area contributed by atoms with E-state index in [1.807, 2.05) is 11.0 Å². The van der Waals surface area contributed by atoms with Crippen LogP contribution in [0.2, 0.25) is 0 Å². The van der Waals surface area contributed by atoms with Crippen LogP contribution in [0.3, 0.4) is 0 Å². The van der Waals surface area contributed by atoms with Gasteiger partial charge in [0.25, 0.3) is 5.56 Å². The van der Waals surface area contributed by atoms with Crippen LogP contribution in [0, 0.1) is 11.3 Å². The van der Waals surface area contributed by atoms with Crippen molar-refractivity contribution in [3.63, 3.8) is 0 Å². The van der Waals surface area contributed by atoms with Gasteiger partial charge in [0.15, 0.2) is 0 Å². The monoisotopic (exact) mass is 437 g/mol. The number of pyridine rings is 1. The van der Waals surface area contributed by atoms with Crippen LogP contribution >= 0.6 is 0 Å². The van der Waals surface area contributed by atoms with Gasteiger partial charge in [0, 0.05) is 51.0 Å². The maximum Gasteiger partial charge on any atom is 0.269 e. The number of nitrogens with one attached hydrogen (secondary N) is 1. The first-order valence-electron chi connectivity index (χ1n) is 10.9. The van der Waals surface area contributed by atoms with Gasteiger partial charge in [-0.25, -0.2) is 10.1 Å². The number of hydrogen-bond acceptors (Lipinski definition) is 8. The molecule has 2 aromatic rings. The van der Waals surface area contributed by atoms with Gasteiger partial charge in [0.2, 0.25) is 5.91 Å². The first kappa shape index (κ1) is 21.8. The van der Waals surface area contributed by atoms with Crippen LogP contribution in [0.25, 0.3) is 0 Å². The van der Waals surface area contributed by atoms with Gasteiger partial charge < -0.3 is 19.4 Å². The topological polar surface area (TPSA) is 118 Å². The second kappa shape index (κ2) is 10.2. The molecule has 2 aliphatic heterocycles. The summed E-state index contributed by atoms with van der Waals surface area (Å²) in [5.74, 6) is 0.924. The summed E-state index contributed by atoms with van der Waals surface area (Å²) in [6, 6.07) is 5.67. The minimum Gasteiger partial charge on any atom is -0.379 e. The molecule has 2 aromatic heterocycles. The standard InChI is InChI=1S/C22H27N7O3/c23-14-17-3-4-20(24-15-17)28-7-9-29(10-8-28)21(30)5-12-32-13-11-27-6-1-2-18-19(27)16-25-26-22(18)31/h3-4,15-16H,1-2,5-13H2,(H,26,31). The number of rotatable bonds is 7. The predicted octanol–water partition coefficient (Wildman–Crippen LogP) is 0.545. The number of aromatic amines is 1. The van der Waals surface area contributed by atoms with Crippen LogP contribution < -0.4 is 15.4 Å². The van der Waals surface area contributed by atoms with Gasteiger partial charge in [-0.15, -0.1) is 0 Å². The lowest BCUT2D eigenvalue weighted by Gasteiger charge is -2.35. The minimum absolute atomic E-state index is 0.0940. The molecule has 0 bridgehead atoms. The molecule has 1 N–H and O–H groups in total. The van der Waals surface area contributed by atoms with E-state index in [4.69, 9.17) is 10.00 Å². The van der Waals surface area contributed by atoms with E-state index >= 15 is 0 Å². The van der Waals surface area contributed by atoms with Gasteiger partial charge in [-0.3, -0.25) is 9.59 Å². The van der Waals surface area contributed by atoms with E-state index in [-0.39, 0.29) is 11.5 Å². The average Bonchev–Trinajstić information content (AvgIpc) is 2.84. The number of carbonyl (C=O) groups is 1. The molecule has 4 heterocycles. The predicted molar refractivity (Wildman–Crippen MR) is 119 cm³/mol. The molecular weight excluding hydrogens is 410 g/mol. The molecule has 10 heteroatoms. The highest BCUT2D eigenvalue weighted by molar-refractivity contribution is 5.76. The van der Waals surface area contributed by atoms with Gasteiger partial charge in [0.05, 0.1) is 37.1 Å². The van der Waals surface area contributed by atoms with Crippen molar-refractivity contribution in [2.24, 2.45) is 0 Å². The summed E-state index contributed by atoms with van der Waals surface area (Å²) in [5.41, 5.74) is 2.09. The smallest absolute Gasteiger partial charge is 0.269 e. The van der Waals surface area contributed by atoms with Gasteiger partial charge in [-0.1, -0.05) is 0 Å². The number of ether oxygens (including phenoxy) is 1. The number of carbonyl (C=O) groups excluding carboxylic acids is 1. The summed E-state index contributed by atoms with van der Waals surface area (Å²) in [6.07, 6.45) is 5.33. The van der Waals surface area contributed by atoms with Crippen molar-refractivity contribution in [3.05, 3.63) is 46.0 Å². The van der Waals surface area contributed by atoms with E-state index in [0.29, 0.717) is 57.9 Å². The van der Waals surface area contributed by atoms with Crippen molar-refractivity contribution in [3.8, 4) is 6.07 Å². The molecule has 0 aromatic carbocycles. The Labute approximate surface area is 186 Å². The quantitative estimate of drug-likeness (QED) is 0.624. The fourth-order valence-corrected chi connectivity index (χ4v) is 4.15. The summed E-state index contributed by atoms with van der Waals surface area (Å²) in [6.45, 7) is 5.14. The number of aromatic nitrogens is 3.